The molecule has 0 amide bonds. The number of hydrogen-bond donors (Lipinski definition) is 1. The van der Waals surface area contributed by atoms with Crippen LogP contribution in [0, 0.1) is 11.3 Å². The van der Waals surface area contributed by atoms with Crippen LogP contribution >= 0.6 is 0 Å². The number of nitriles is 1. The quantitative estimate of drug-likeness (QED) is 0.560. The fourth-order valence-corrected chi connectivity index (χ4v) is 2.39. The average Bonchev–Trinajstić information content (AvgIpc) is 2.56. The molecule has 0 aliphatic heterocycles. The maximum atomic E-state index is 9.44. The van der Waals surface area contributed by atoms with Crippen molar-refractivity contribution in [2.45, 2.75) is 0 Å². The summed E-state index contributed by atoms with van der Waals surface area (Å²) in [6.07, 6.45) is 0. The van der Waals surface area contributed by atoms with Crippen molar-refractivity contribution in [1.82, 2.24) is 0 Å². The van der Waals surface area contributed by atoms with Crippen LogP contribution in [0.1, 0.15) is 11.1 Å². The van der Waals surface area contributed by atoms with Crippen molar-refractivity contribution >= 4 is 22.0 Å². The van der Waals surface area contributed by atoms with Crippen molar-refractivity contribution in [3.8, 4) is 6.07 Å². The Bertz CT molecular complexity index is 855. The number of fused-ring (bicyclic) bond motifs is 1. The summed E-state index contributed by atoms with van der Waals surface area (Å²) in [4.78, 5) is 0. The van der Waals surface area contributed by atoms with E-state index < -0.39 is 0 Å². The lowest BCUT2D eigenvalue weighted by Crippen LogP contribution is -2.00. The number of hydrogen-bond acceptors (Lipinski definition) is 2. The number of rotatable bonds is 2. The van der Waals surface area contributed by atoms with Gasteiger partial charge in [-0.05, 0) is 28.0 Å². The predicted molar refractivity (Wildman–Crippen MR) is 87.0 cm³/mol. The molecule has 3 aromatic rings. The van der Waals surface area contributed by atoms with Gasteiger partial charge in [-0.1, -0.05) is 66.7 Å². The van der Waals surface area contributed by atoms with E-state index in [0.29, 0.717) is 11.3 Å². The van der Waals surface area contributed by atoms with Crippen LogP contribution in [-0.2, 0) is 0 Å². The highest BCUT2D eigenvalue weighted by Crippen LogP contribution is 2.24. The van der Waals surface area contributed by atoms with Gasteiger partial charge in [-0.3, -0.25) is 0 Å². The molecule has 2 nitrogen and oxygen atoms in total. The molecule has 2 heteroatoms. The van der Waals surface area contributed by atoms with Gasteiger partial charge in [0.1, 0.15) is 6.07 Å². The number of nitrogens with zero attached hydrogens (tertiary/aromatic N) is 1. The van der Waals surface area contributed by atoms with E-state index in [9.17, 15) is 5.26 Å². The Hall–Kier alpha value is -3.05. The molecule has 0 spiro atoms. The zero-order chi connectivity index (χ0) is 14.7. The Morgan fingerprint density at radius 1 is 0.762 bits per heavy atom. The minimum atomic E-state index is 0.505. The standard InChI is InChI=1S/C19H14N2/c20-13-18(15-7-2-1-3-8-15)19(21)17-11-10-14-6-4-5-9-16(14)12-17/h1-12H,21H2/b19-18-. The summed E-state index contributed by atoms with van der Waals surface area (Å²) >= 11 is 0. The highest BCUT2D eigenvalue weighted by molar-refractivity contribution is 5.98. The lowest BCUT2D eigenvalue weighted by Gasteiger charge is -2.08. The largest absolute Gasteiger partial charge is 0.397 e. The third-order valence-electron chi connectivity index (χ3n) is 3.50. The molecule has 3 aromatic carbocycles. The normalized spacial score (nSPS) is 11.8. The Balaban J connectivity index is 2.16. The van der Waals surface area contributed by atoms with Gasteiger partial charge in [0.25, 0.3) is 0 Å². The second-order valence-electron chi connectivity index (χ2n) is 4.83. The van der Waals surface area contributed by atoms with Crippen LogP contribution in [-0.4, -0.2) is 0 Å². The van der Waals surface area contributed by atoms with Crippen molar-refractivity contribution in [3.63, 3.8) is 0 Å². The third kappa shape index (κ3) is 2.50. The van der Waals surface area contributed by atoms with Crippen molar-refractivity contribution in [1.29, 1.82) is 5.26 Å². The average molecular weight is 270 g/mol. The van der Waals surface area contributed by atoms with Crippen LogP contribution in [0.2, 0.25) is 0 Å². The molecule has 0 unspecified atom stereocenters. The van der Waals surface area contributed by atoms with E-state index in [1.165, 1.54) is 0 Å². The van der Waals surface area contributed by atoms with Gasteiger partial charge in [-0.25, -0.2) is 0 Å². The Morgan fingerprint density at radius 2 is 1.43 bits per heavy atom. The molecule has 0 aliphatic rings. The molecule has 0 fully saturated rings. The topological polar surface area (TPSA) is 49.8 Å². The fraction of sp³-hybridized carbons (Fsp3) is 0. The zero-order valence-corrected chi connectivity index (χ0v) is 11.5. The first-order valence-electron chi connectivity index (χ1n) is 6.74. The molecule has 0 saturated carbocycles. The van der Waals surface area contributed by atoms with Gasteiger partial charge >= 0.3 is 0 Å². The molecule has 3 rings (SSSR count). The summed E-state index contributed by atoms with van der Waals surface area (Å²) in [5.74, 6) is 0. The van der Waals surface area contributed by atoms with Gasteiger partial charge in [0.15, 0.2) is 0 Å². The minimum Gasteiger partial charge on any atom is -0.397 e. The number of benzene rings is 3. The van der Waals surface area contributed by atoms with Crippen LogP contribution < -0.4 is 5.73 Å². The summed E-state index contributed by atoms with van der Waals surface area (Å²) < 4.78 is 0. The SMILES string of the molecule is N#C/C(=C(/N)c1ccc2ccccc2c1)c1ccccc1. The summed E-state index contributed by atoms with van der Waals surface area (Å²) in [6, 6.07) is 25.8. The van der Waals surface area contributed by atoms with Crippen molar-refractivity contribution < 1.29 is 0 Å². The van der Waals surface area contributed by atoms with E-state index in [2.05, 4.69) is 12.1 Å². The number of nitrogens with two attached hydrogens (primary N) is 1. The van der Waals surface area contributed by atoms with Crippen molar-refractivity contribution in [2.24, 2.45) is 5.73 Å². The Kier molecular flexibility index (Phi) is 3.41. The zero-order valence-electron chi connectivity index (χ0n) is 11.5. The summed E-state index contributed by atoms with van der Waals surface area (Å²) in [5, 5.41) is 11.7. The minimum absolute atomic E-state index is 0.505. The van der Waals surface area contributed by atoms with Crippen LogP contribution in [0.15, 0.2) is 72.8 Å². The summed E-state index contributed by atoms with van der Waals surface area (Å²) in [5.41, 5.74) is 8.95. The van der Waals surface area contributed by atoms with Crippen molar-refractivity contribution in [3.05, 3.63) is 83.9 Å². The molecule has 0 radical (unpaired) electrons. The van der Waals surface area contributed by atoms with Crippen LogP contribution in [0.4, 0.5) is 0 Å². The molecule has 21 heavy (non-hydrogen) atoms. The van der Waals surface area contributed by atoms with E-state index in [1.807, 2.05) is 66.7 Å². The highest BCUT2D eigenvalue weighted by Gasteiger charge is 2.08. The van der Waals surface area contributed by atoms with E-state index in [-0.39, 0.29) is 0 Å². The first-order valence-corrected chi connectivity index (χ1v) is 6.74. The van der Waals surface area contributed by atoms with Gasteiger partial charge in [0.05, 0.1) is 11.3 Å². The second-order valence-corrected chi connectivity index (χ2v) is 4.83. The van der Waals surface area contributed by atoms with Gasteiger partial charge in [0, 0.05) is 0 Å². The monoisotopic (exact) mass is 270 g/mol. The lowest BCUT2D eigenvalue weighted by molar-refractivity contribution is 1.49. The van der Waals surface area contributed by atoms with Gasteiger partial charge in [-0.15, -0.1) is 0 Å². The summed E-state index contributed by atoms with van der Waals surface area (Å²) in [7, 11) is 0. The summed E-state index contributed by atoms with van der Waals surface area (Å²) in [6.45, 7) is 0. The Labute approximate surface area is 123 Å². The van der Waals surface area contributed by atoms with E-state index in [4.69, 9.17) is 5.73 Å². The molecule has 0 aromatic heterocycles. The molecule has 0 aliphatic carbocycles. The maximum Gasteiger partial charge on any atom is 0.102 e. The molecular weight excluding hydrogens is 256 g/mol. The smallest absolute Gasteiger partial charge is 0.102 e. The third-order valence-corrected chi connectivity index (χ3v) is 3.50. The van der Waals surface area contributed by atoms with Crippen molar-refractivity contribution in [2.75, 3.05) is 0 Å². The van der Waals surface area contributed by atoms with Gasteiger partial charge in [0.2, 0.25) is 0 Å². The Morgan fingerprint density at radius 3 is 2.14 bits per heavy atom. The van der Waals surface area contributed by atoms with Crippen LogP contribution in [0.5, 0.6) is 0 Å². The molecule has 100 valence electrons. The van der Waals surface area contributed by atoms with Gasteiger partial charge < -0.3 is 5.73 Å². The van der Waals surface area contributed by atoms with Gasteiger partial charge in [-0.2, -0.15) is 5.26 Å². The molecule has 0 atom stereocenters. The highest BCUT2D eigenvalue weighted by atomic mass is 14.6. The van der Waals surface area contributed by atoms with Crippen LogP contribution in [0.3, 0.4) is 0 Å². The molecule has 2 N–H and O–H groups in total. The predicted octanol–water partition coefficient (Wildman–Crippen LogP) is 4.19. The molecular formula is C19H14N2. The van der Waals surface area contributed by atoms with E-state index in [1.54, 1.807) is 0 Å². The lowest BCUT2D eigenvalue weighted by atomic mass is 9.99. The second kappa shape index (κ2) is 5.52. The molecule has 0 bridgehead atoms. The first-order chi connectivity index (χ1) is 10.3. The fourth-order valence-electron chi connectivity index (χ4n) is 2.39. The number of allylic oxidation sites excluding steroid dienone is 1. The maximum absolute atomic E-state index is 9.44. The molecule has 0 saturated heterocycles. The van der Waals surface area contributed by atoms with E-state index >= 15 is 0 Å². The first kappa shape index (κ1) is 13.0. The van der Waals surface area contributed by atoms with Crippen LogP contribution in [0.25, 0.3) is 22.0 Å². The van der Waals surface area contributed by atoms with E-state index in [0.717, 1.165) is 21.9 Å². The molecule has 0 heterocycles.